The Kier molecular flexibility index (Phi) is 7.06. The van der Waals surface area contributed by atoms with Crippen molar-refractivity contribution in [1.82, 2.24) is 15.0 Å². The Bertz CT molecular complexity index is 978. The molecule has 0 unspecified atom stereocenters. The summed E-state index contributed by atoms with van der Waals surface area (Å²) < 4.78 is 21.3. The number of furan rings is 1. The third-order valence-corrected chi connectivity index (χ3v) is 5.68. The van der Waals surface area contributed by atoms with Crippen molar-refractivity contribution in [3.05, 3.63) is 48.4 Å². The minimum absolute atomic E-state index is 0.0537. The van der Waals surface area contributed by atoms with E-state index < -0.39 is 0 Å². The fourth-order valence-electron chi connectivity index (χ4n) is 3.84. The van der Waals surface area contributed by atoms with E-state index in [4.69, 9.17) is 18.4 Å². The van der Waals surface area contributed by atoms with Crippen molar-refractivity contribution < 1.29 is 23.2 Å². The molecule has 4 rings (SSSR count). The number of methoxy groups -OCH3 is 2. The summed E-state index contributed by atoms with van der Waals surface area (Å²) in [6.07, 6.45) is 3.07. The molecule has 0 radical (unpaired) electrons. The van der Waals surface area contributed by atoms with Gasteiger partial charge in [0.15, 0.2) is 0 Å². The second kappa shape index (κ2) is 10.3. The van der Waals surface area contributed by atoms with E-state index in [1.807, 2.05) is 46.2 Å². The third-order valence-electron chi connectivity index (χ3n) is 5.68. The molecular weight excluding hydrogens is 412 g/mol. The highest BCUT2D eigenvalue weighted by Gasteiger charge is 2.30. The quantitative estimate of drug-likeness (QED) is 0.501. The molecule has 0 N–H and O–H groups in total. The van der Waals surface area contributed by atoms with Crippen LogP contribution in [0, 0.1) is 5.92 Å². The molecule has 170 valence electrons. The van der Waals surface area contributed by atoms with Gasteiger partial charge in [-0.2, -0.15) is 4.98 Å². The van der Waals surface area contributed by atoms with Crippen molar-refractivity contribution in [2.24, 2.45) is 5.92 Å². The number of benzene rings is 1. The van der Waals surface area contributed by atoms with Crippen LogP contribution in [0.25, 0.3) is 11.4 Å². The number of carbonyl (C=O) groups excluding carboxylic acids is 1. The van der Waals surface area contributed by atoms with Crippen LogP contribution < -0.4 is 9.64 Å². The van der Waals surface area contributed by atoms with E-state index in [1.165, 1.54) is 0 Å². The molecule has 0 saturated carbocycles. The van der Waals surface area contributed by atoms with Gasteiger partial charge in [-0.1, -0.05) is 5.16 Å². The standard InChI is InChI=1S/C23H28N4O5/c1-29-15-13-27(16-20-4-3-14-31-20)22(28)18-9-11-26(12-10-18)23-24-21(25-32-23)17-5-7-19(30-2)8-6-17/h3-8,14,18H,9-13,15-16H2,1-2H3. The summed E-state index contributed by atoms with van der Waals surface area (Å²) in [5.74, 6) is 2.15. The highest BCUT2D eigenvalue weighted by Crippen LogP contribution is 2.27. The molecule has 3 heterocycles. The summed E-state index contributed by atoms with van der Waals surface area (Å²) in [6, 6.07) is 11.7. The number of anilines is 1. The van der Waals surface area contributed by atoms with E-state index in [2.05, 4.69) is 10.1 Å². The molecule has 32 heavy (non-hydrogen) atoms. The number of nitrogens with zero attached hydrogens (tertiary/aromatic N) is 4. The maximum Gasteiger partial charge on any atom is 0.324 e. The molecule has 1 amide bonds. The lowest BCUT2D eigenvalue weighted by molar-refractivity contribution is -0.137. The number of aromatic nitrogens is 2. The van der Waals surface area contributed by atoms with E-state index in [0.717, 1.165) is 29.9 Å². The number of hydrogen-bond donors (Lipinski definition) is 0. The zero-order valence-corrected chi connectivity index (χ0v) is 18.4. The molecule has 2 aromatic heterocycles. The lowest BCUT2D eigenvalue weighted by Crippen LogP contribution is -2.43. The summed E-state index contributed by atoms with van der Waals surface area (Å²) in [5, 5.41) is 4.11. The van der Waals surface area contributed by atoms with E-state index in [1.54, 1.807) is 20.5 Å². The van der Waals surface area contributed by atoms with Crippen LogP contribution in [-0.4, -0.2) is 61.4 Å². The van der Waals surface area contributed by atoms with Crippen LogP contribution in [0.5, 0.6) is 5.75 Å². The zero-order valence-electron chi connectivity index (χ0n) is 18.4. The van der Waals surface area contributed by atoms with Gasteiger partial charge >= 0.3 is 6.01 Å². The van der Waals surface area contributed by atoms with Gasteiger partial charge in [0.05, 0.1) is 26.5 Å². The number of ether oxygens (including phenoxy) is 2. The summed E-state index contributed by atoms with van der Waals surface area (Å²) in [5.41, 5.74) is 0.859. The number of amides is 1. The summed E-state index contributed by atoms with van der Waals surface area (Å²) in [7, 11) is 3.27. The molecule has 1 fully saturated rings. The SMILES string of the molecule is COCCN(Cc1ccco1)C(=O)C1CCN(c2nc(-c3ccc(OC)cc3)no2)CC1. The Morgan fingerprint density at radius 1 is 1.19 bits per heavy atom. The van der Waals surface area contributed by atoms with Gasteiger partial charge in [0.1, 0.15) is 11.5 Å². The normalized spacial score (nSPS) is 14.5. The number of hydrogen-bond acceptors (Lipinski definition) is 8. The van der Waals surface area contributed by atoms with Crippen molar-refractivity contribution >= 4 is 11.9 Å². The number of carbonyl (C=O) groups is 1. The molecular formula is C23H28N4O5. The van der Waals surface area contributed by atoms with Crippen molar-refractivity contribution in [3.63, 3.8) is 0 Å². The fourth-order valence-corrected chi connectivity index (χ4v) is 3.84. The van der Waals surface area contributed by atoms with Gasteiger partial charge in [-0.3, -0.25) is 4.79 Å². The van der Waals surface area contributed by atoms with Crippen molar-refractivity contribution in [2.45, 2.75) is 19.4 Å². The Hall–Kier alpha value is -3.33. The van der Waals surface area contributed by atoms with Crippen LogP contribution in [0.3, 0.4) is 0 Å². The smallest absolute Gasteiger partial charge is 0.324 e. The number of piperidine rings is 1. The monoisotopic (exact) mass is 440 g/mol. The van der Waals surface area contributed by atoms with Gasteiger partial charge < -0.3 is 28.2 Å². The summed E-state index contributed by atoms with van der Waals surface area (Å²) >= 11 is 0. The Balaban J connectivity index is 1.35. The molecule has 1 saturated heterocycles. The maximum atomic E-state index is 13.2. The topological polar surface area (TPSA) is 94.1 Å². The van der Waals surface area contributed by atoms with Crippen LogP contribution in [0.2, 0.25) is 0 Å². The van der Waals surface area contributed by atoms with Gasteiger partial charge in [-0.05, 0) is 49.2 Å². The molecule has 3 aromatic rings. The Morgan fingerprint density at radius 2 is 1.97 bits per heavy atom. The summed E-state index contributed by atoms with van der Waals surface area (Å²) in [6.45, 7) is 2.83. The van der Waals surface area contributed by atoms with E-state index in [-0.39, 0.29) is 11.8 Å². The second-order valence-electron chi connectivity index (χ2n) is 7.72. The van der Waals surface area contributed by atoms with E-state index in [9.17, 15) is 4.79 Å². The first-order valence-corrected chi connectivity index (χ1v) is 10.7. The number of rotatable bonds is 9. The van der Waals surface area contributed by atoms with Crippen LogP contribution >= 0.6 is 0 Å². The molecule has 9 heteroatoms. The van der Waals surface area contributed by atoms with E-state index >= 15 is 0 Å². The lowest BCUT2D eigenvalue weighted by atomic mass is 9.95. The predicted octanol–water partition coefficient (Wildman–Crippen LogP) is 3.23. The van der Waals surface area contributed by atoms with Crippen LogP contribution in [-0.2, 0) is 16.1 Å². The van der Waals surface area contributed by atoms with Crippen LogP contribution in [0.15, 0.2) is 51.6 Å². The molecule has 0 aliphatic carbocycles. The summed E-state index contributed by atoms with van der Waals surface area (Å²) in [4.78, 5) is 21.6. The average molecular weight is 441 g/mol. The minimum atomic E-state index is -0.0537. The molecule has 1 aromatic carbocycles. The molecule has 1 aliphatic heterocycles. The van der Waals surface area contributed by atoms with Gasteiger partial charge in [0, 0.05) is 38.2 Å². The van der Waals surface area contributed by atoms with Gasteiger partial charge in [0.25, 0.3) is 0 Å². The highest BCUT2D eigenvalue weighted by molar-refractivity contribution is 5.79. The van der Waals surface area contributed by atoms with Crippen molar-refractivity contribution in [2.75, 3.05) is 45.4 Å². The first-order chi connectivity index (χ1) is 15.7. The van der Waals surface area contributed by atoms with Gasteiger partial charge in [0.2, 0.25) is 11.7 Å². The first-order valence-electron chi connectivity index (χ1n) is 10.7. The van der Waals surface area contributed by atoms with Crippen LogP contribution in [0.1, 0.15) is 18.6 Å². The molecule has 9 nitrogen and oxygen atoms in total. The largest absolute Gasteiger partial charge is 0.497 e. The van der Waals surface area contributed by atoms with Gasteiger partial charge in [-0.25, -0.2) is 0 Å². The van der Waals surface area contributed by atoms with Gasteiger partial charge in [-0.15, -0.1) is 0 Å². The zero-order chi connectivity index (χ0) is 22.3. The fraction of sp³-hybridized carbons (Fsp3) is 0.435. The third kappa shape index (κ3) is 5.11. The van der Waals surface area contributed by atoms with E-state index in [0.29, 0.717) is 44.6 Å². The lowest BCUT2D eigenvalue weighted by Gasteiger charge is -2.33. The highest BCUT2D eigenvalue weighted by atomic mass is 16.5. The minimum Gasteiger partial charge on any atom is -0.497 e. The van der Waals surface area contributed by atoms with Crippen LogP contribution in [0.4, 0.5) is 6.01 Å². The van der Waals surface area contributed by atoms with Crippen molar-refractivity contribution in [3.8, 4) is 17.1 Å². The second-order valence-corrected chi connectivity index (χ2v) is 7.72. The first kappa shape index (κ1) is 21.9. The Morgan fingerprint density at radius 3 is 2.62 bits per heavy atom. The molecule has 0 spiro atoms. The molecule has 0 atom stereocenters. The molecule has 0 bridgehead atoms. The van der Waals surface area contributed by atoms with Crippen molar-refractivity contribution in [1.29, 1.82) is 0 Å². The average Bonchev–Trinajstić information content (AvgIpc) is 3.54. The maximum absolute atomic E-state index is 13.2. The Labute approximate surface area is 186 Å². The predicted molar refractivity (Wildman–Crippen MR) is 117 cm³/mol. The molecule has 1 aliphatic rings.